The molecule has 1 aromatic heterocycles. The summed E-state index contributed by atoms with van der Waals surface area (Å²) in [6.07, 6.45) is 1.73. The summed E-state index contributed by atoms with van der Waals surface area (Å²) in [5.74, 6) is -0.900. The Morgan fingerprint density at radius 3 is 2.00 bits per heavy atom. The lowest BCUT2D eigenvalue weighted by Crippen LogP contribution is -1.96. The van der Waals surface area contributed by atoms with Crippen LogP contribution in [-0.4, -0.2) is 15.6 Å². The van der Waals surface area contributed by atoms with Gasteiger partial charge in [-0.2, -0.15) is 0 Å². The van der Waals surface area contributed by atoms with Gasteiger partial charge < -0.3 is 9.67 Å². The summed E-state index contributed by atoms with van der Waals surface area (Å²) in [5.41, 5.74) is 4.02. The predicted molar refractivity (Wildman–Crippen MR) is 87.9 cm³/mol. The third-order valence-corrected chi connectivity index (χ3v) is 3.76. The maximum atomic E-state index is 11.7. The minimum atomic E-state index is -0.900. The van der Waals surface area contributed by atoms with Crippen LogP contribution in [0.4, 0.5) is 0 Å². The number of carboxylic acids is 1. The first-order chi connectivity index (χ1) is 10.7. The minimum absolute atomic E-state index is 0.340. The number of benzene rings is 2. The predicted octanol–water partition coefficient (Wildman–Crippen LogP) is 4.54. The summed E-state index contributed by atoms with van der Waals surface area (Å²) in [7, 11) is 0. The Morgan fingerprint density at radius 1 is 0.955 bits per heavy atom. The fourth-order valence-electron chi connectivity index (χ4n) is 2.77. The number of aryl methyl sites for hydroxylation is 1. The van der Waals surface area contributed by atoms with Gasteiger partial charge in [0, 0.05) is 18.3 Å². The van der Waals surface area contributed by atoms with E-state index in [9.17, 15) is 9.90 Å². The van der Waals surface area contributed by atoms with Gasteiger partial charge in [-0.1, -0.05) is 60.7 Å². The summed E-state index contributed by atoms with van der Waals surface area (Å²) in [6, 6.07) is 19.6. The fraction of sp³-hybridized carbons (Fsp3) is 0.105. The number of rotatable bonds is 4. The van der Waals surface area contributed by atoms with Crippen LogP contribution in [0.1, 0.15) is 17.3 Å². The second-order valence-electron chi connectivity index (χ2n) is 5.09. The molecule has 0 amide bonds. The summed E-state index contributed by atoms with van der Waals surface area (Å²) >= 11 is 0. The number of nitrogens with zero attached hydrogens (tertiary/aromatic N) is 1. The molecule has 0 atom stereocenters. The lowest BCUT2D eigenvalue weighted by Gasteiger charge is -2.10. The van der Waals surface area contributed by atoms with Gasteiger partial charge in [0.15, 0.2) is 0 Å². The smallest absolute Gasteiger partial charge is 0.337 e. The van der Waals surface area contributed by atoms with E-state index < -0.39 is 5.97 Å². The first-order valence-electron chi connectivity index (χ1n) is 7.29. The van der Waals surface area contributed by atoms with Crippen molar-refractivity contribution < 1.29 is 9.90 Å². The molecule has 0 spiro atoms. The van der Waals surface area contributed by atoms with Crippen molar-refractivity contribution in [3.05, 3.63) is 72.4 Å². The van der Waals surface area contributed by atoms with E-state index in [1.165, 1.54) is 0 Å². The molecule has 0 aliphatic heterocycles. The molecule has 1 heterocycles. The number of carboxylic acid groups (broad SMARTS) is 1. The van der Waals surface area contributed by atoms with E-state index in [1.807, 2.05) is 72.2 Å². The highest BCUT2D eigenvalue weighted by Crippen LogP contribution is 2.36. The Morgan fingerprint density at radius 2 is 1.50 bits per heavy atom. The maximum Gasteiger partial charge on any atom is 0.337 e. The molecule has 0 fully saturated rings. The molecular weight excluding hydrogens is 274 g/mol. The zero-order valence-electron chi connectivity index (χ0n) is 12.4. The molecule has 3 heteroatoms. The molecule has 0 aliphatic carbocycles. The Bertz CT molecular complexity index is 789. The molecule has 3 aromatic rings. The van der Waals surface area contributed by atoms with Crippen LogP contribution in [-0.2, 0) is 6.54 Å². The number of aromatic carboxylic acids is 1. The van der Waals surface area contributed by atoms with Crippen molar-refractivity contribution >= 4 is 5.97 Å². The van der Waals surface area contributed by atoms with Crippen LogP contribution in [0.3, 0.4) is 0 Å². The first-order valence-corrected chi connectivity index (χ1v) is 7.29. The van der Waals surface area contributed by atoms with Crippen LogP contribution < -0.4 is 0 Å². The average molecular weight is 291 g/mol. The van der Waals surface area contributed by atoms with E-state index in [1.54, 1.807) is 6.20 Å². The molecule has 0 saturated heterocycles. The van der Waals surface area contributed by atoms with E-state index in [-0.39, 0.29) is 0 Å². The lowest BCUT2D eigenvalue weighted by atomic mass is 9.98. The van der Waals surface area contributed by atoms with Crippen LogP contribution in [0.5, 0.6) is 0 Å². The van der Waals surface area contributed by atoms with Gasteiger partial charge in [0.2, 0.25) is 0 Å². The largest absolute Gasteiger partial charge is 0.478 e. The molecule has 0 unspecified atom stereocenters. The normalized spacial score (nSPS) is 10.6. The van der Waals surface area contributed by atoms with Crippen LogP contribution in [0.2, 0.25) is 0 Å². The van der Waals surface area contributed by atoms with Gasteiger partial charge in [0.1, 0.15) is 0 Å². The monoisotopic (exact) mass is 291 g/mol. The van der Waals surface area contributed by atoms with E-state index in [2.05, 4.69) is 0 Å². The van der Waals surface area contributed by atoms with Crippen LogP contribution in [0, 0.1) is 0 Å². The van der Waals surface area contributed by atoms with Gasteiger partial charge in [-0.3, -0.25) is 0 Å². The van der Waals surface area contributed by atoms with E-state index >= 15 is 0 Å². The van der Waals surface area contributed by atoms with E-state index in [0.717, 1.165) is 28.9 Å². The topological polar surface area (TPSA) is 42.2 Å². The van der Waals surface area contributed by atoms with Crippen molar-refractivity contribution in [2.75, 3.05) is 0 Å². The molecule has 1 N–H and O–H groups in total. The van der Waals surface area contributed by atoms with Crippen LogP contribution in [0.25, 0.3) is 22.4 Å². The molecule has 0 radical (unpaired) electrons. The van der Waals surface area contributed by atoms with Crippen molar-refractivity contribution in [1.82, 2.24) is 4.57 Å². The quantitative estimate of drug-likeness (QED) is 0.766. The SMILES string of the molecule is CCn1cc(C(=O)O)c(-c2ccccc2)c1-c1ccccc1. The molecule has 0 saturated carbocycles. The third kappa shape index (κ3) is 2.42. The second-order valence-corrected chi connectivity index (χ2v) is 5.09. The highest BCUT2D eigenvalue weighted by molar-refractivity contribution is 6.01. The molecule has 3 nitrogen and oxygen atoms in total. The van der Waals surface area contributed by atoms with E-state index in [0.29, 0.717) is 5.56 Å². The molecular formula is C19H17NO2. The zero-order valence-corrected chi connectivity index (χ0v) is 12.4. The number of hydrogen-bond acceptors (Lipinski definition) is 1. The Hall–Kier alpha value is -2.81. The number of hydrogen-bond donors (Lipinski definition) is 1. The Balaban J connectivity index is 2.34. The molecule has 110 valence electrons. The summed E-state index contributed by atoms with van der Waals surface area (Å²) in [6.45, 7) is 2.74. The highest BCUT2D eigenvalue weighted by Gasteiger charge is 2.22. The summed E-state index contributed by atoms with van der Waals surface area (Å²) in [5, 5.41) is 9.59. The summed E-state index contributed by atoms with van der Waals surface area (Å²) < 4.78 is 2.00. The fourth-order valence-corrected chi connectivity index (χ4v) is 2.77. The number of carbonyl (C=O) groups is 1. The van der Waals surface area contributed by atoms with Crippen LogP contribution >= 0.6 is 0 Å². The van der Waals surface area contributed by atoms with Gasteiger partial charge in [0.25, 0.3) is 0 Å². The zero-order chi connectivity index (χ0) is 15.5. The summed E-state index contributed by atoms with van der Waals surface area (Å²) in [4.78, 5) is 11.7. The van der Waals surface area contributed by atoms with Crippen molar-refractivity contribution in [3.8, 4) is 22.4 Å². The van der Waals surface area contributed by atoms with Crippen molar-refractivity contribution in [1.29, 1.82) is 0 Å². The molecule has 22 heavy (non-hydrogen) atoms. The molecule has 0 bridgehead atoms. The maximum absolute atomic E-state index is 11.7. The number of aromatic nitrogens is 1. The van der Waals surface area contributed by atoms with Gasteiger partial charge in [-0.25, -0.2) is 4.79 Å². The van der Waals surface area contributed by atoms with E-state index in [4.69, 9.17) is 0 Å². The Labute approximate surface area is 129 Å². The molecule has 2 aromatic carbocycles. The minimum Gasteiger partial charge on any atom is -0.478 e. The Kier molecular flexibility index (Phi) is 3.79. The van der Waals surface area contributed by atoms with Gasteiger partial charge in [-0.05, 0) is 18.1 Å². The van der Waals surface area contributed by atoms with Gasteiger partial charge >= 0.3 is 5.97 Å². The third-order valence-electron chi connectivity index (χ3n) is 3.76. The lowest BCUT2D eigenvalue weighted by molar-refractivity contribution is 0.0697. The van der Waals surface area contributed by atoms with Crippen molar-refractivity contribution in [2.24, 2.45) is 0 Å². The molecule has 0 aliphatic rings. The van der Waals surface area contributed by atoms with Gasteiger partial charge in [-0.15, -0.1) is 0 Å². The van der Waals surface area contributed by atoms with Crippen molar-refractivity contribution in [2.45, 2.75) is 13.5 Å². The average Bonchev–Trinajstić information content (AvgIpc) is 2.96. The van der Waals surface area contributed by atoms with Gasteiger partial charge in [0.05, 0.1) is 11.3 Å². The first kappa shape index (κ1) is 14.1. The van der Waals surface area contributed by atoms with Crippen molar-refractivity contribution in [3.63, 3.8) is 0 Å². The van der Waals surface area contributed by atoms with Crippen LogP contribution in [0.15, 0.2) is 66.9 Å². The highest BCUT2D eigenvalue weighted by atomic mass is 16.4. The standard InChI is InChI=1S/C19H17NO2/c1-2-20-13-16(19(21)22)17(14-9-5-3-6-10-14)18(20)15-11-7-4-8-12-15/h3-13H,2H2,1H3,(H,21,22). The molecule has 3 rings (SSSR count). The second kappa shape index (κ2) is 5.90.